The standard InChI is InChI=1S/C17H24N8O/c1-4-5-25-16(26)13-15(20-14(19-13)12-10-18-23(3)11-12)21-17(25)24-8-6-22(2)7-9-24/h10-11H,4-9H2,1-3H3,(H,19,20). The fourth-order valence-electron chi connectivity index (χ4n) is 3.33. The van der Waals surface area contributed by atoms with Crippen LogP contribution in [0, 0.1) is 0 Å². The third-order valence-electron chi connectivity index (χ3n) is 4.80. The Morgan fingerprint density at radius 3 is 2.58 bits per heavy atom. The molecule has 1 aliphatic rings. The van der Waals surface area contributed by atoms with Crippen LogP contribution >= 0.6 is 0 Å². The summed E-state index contributed by atoms with van der Waals surface area (Å²) in [5, 5.41) is 4.17. The van der Waals surface area contributed by atoms with E-state index < -0.39 is 0 Å². The molecule has 0 radical (unpaired) electrons. The number of hydrogen-bond acceptors (Lipinski definition) is 6. The van der Waals surface area contributed by atoms with Crippen LogP contribution in [0.15, 0.2) is 17.2 Å². The molecule has 3 aromatic heterocycles. The zero-order valence-corrected chi connectivity index (χ0v) is 15.4. The Bertz CT molecular complexity index is 976. The summed E-state index contributed by atoms with van der Waals surface area (Å²) >= 11 is 0. The predicted octanol–water partition coefficient (Wildman–Crippen LogP) is 0.682. The number of fused-ring (bicyclic) bond motifs is 1. The van der Waals surface area contributed by atoms with E-state index in [1.807, 2.05) is 13.2 Å². The Morgan fingerprint density at radius 2 is 1.92 bits per heavy atom. The van der Waals surface area contributed by atoms with Crippen molar-refractivity contribution >= 4 is 17.1 Å². The summed E-state index contributed by atoms with van der Waals surface area (Å²) in [6.07, 6.45) is 4.46. The number of aromatic nitrogens is 6. The van der Waals surface area contributed by atoms with Gasteiger partial charge in [0.15, 0.2) is 11.2 Å². The first-order valence-electron chi connectivity index (χ1n) is 9.00. The molecule has 9 heteroatoms. The maximum atomic E-state index is 13.1. The number of rotatable bonds is 4. The summed E-state index contributed by atoms with van der Waals surface area (Å²) in [5.41, 5.74) is 1.70. The second kappa shape index (κ2) is 6.56. The van der Waals surface area contributed by atoms with E-state index in [1.54, 1.807) is 15.4 Å². The van der Waals surface area contributed by atoms with E-state index in [2.05, 4.69) is 38.8 Å². The molecule has 9 nitrogen and oxygen atoms in total. The van der Waals surface area contributed by atoms with Crippen molar-refractivity contribution in [1.82, 2.24) is 34.2 Å². The Balaban J connectivity index is 1.83. The molecule has 0 aliphatic carbocycles. The Labute approximate surface area is 151 Å². The second-order valence-electron chi connectivity index (χ2n) is 6.85. The third kappa shape index (κ3) is 2.88. The van der Waals surface area contributed by atoms with Crippen LogP contribution in [0.4, 0.5) is 5.95 Å². The molecule has 138 valence electrons. The van der Waals surface area contributed by atoms with Gasteiger partial charge in [-0.3, -0.25) is 14.0 Å². The molecule has 4 heterocycles. The summed E-state index contributed by atoms with van der Waals surface area (Å²) in [6, 6.07) is 0. The minimum atomic E-state index is -0.0616. The minimum Gasteiger partial charge on any atom is -0.340 e. The van der Waals surface area contributed by atoms with Gasteiger partial charge in [-0.2, -0.15) is 10.1 Å². The molecule has 1 N–H and O–H groups in total. The molecule has 0 unspecified atom stereocenters. The van der Waals surface area contributed by atoms with Gasteiger partial charge >= 0.3 is 0 Å². The number of aryl methyl sites for hydroxylation is 1. The summed E-state index contributed by atoms with van der Waals surface area (Å²) in [6.45, 7) is 6.35. The molecular weight excluding hydrogens is 332 g/mol. The quantitative estimate of drug-likeness (QED) is 0.740. The van der Waals surface area contributed by atoms with Gasteiger partial charge in [0.25, 0.3) is 5.56 Å². The van der Waals surface area contributed by atoms with Crippen LogP contribution in [0.5, 0.6) is 0 Å². The van der Waals surface area contributed by atoms with Crippen LogP contribution < -0.4 is 10.5 Å². The number of piperazine rings is 1. The van der Waals surface area contributed by atoms with Gasteiger partial charge in [0.1, 0.15) is 5.82 Å². The first kappa shape index (κ1) is 16.8. The summed E-state index contributed by atoms with van der Waals surface area (Å²) in [5.74, 6) is 1.35. The average molecular weight is 356 g/mol. The van der Waals surface area contributed by atoms with Crippen molar-refractivity contribution in [3.05, 3.63) is 22.7 Å². The van der Waals surface area contributed by atoms with Crippen molar-refractivity contribution in [2.75, 3.05) is 38.1 Å². The van der Waals surface area contributed by atoms with E-state index >= 15 is 0 Å². The normalized spacial score (nSPS) is 15.9. The fraction of sp³-hybridized carbons (Fsp3) is 0.529. The number of imidazole rings is 1. The maximum Gasteiger partial charge on any atom is 0.280 e. The molecule has 0 aromatic carbocycles. The van der Waals surface area contributed by atoms with Crippen LogP contribution in [0.25, 0.3) is 22.6 Å². The van der Waals surface area contributed by atoms with Gasteiger partial charge in [0, 0.05) is 46.0 Å². The Hall–Kier alpha value is -2.68. The van der Waals surface area contributed by atoms with Gasteiger partial charge in [0.2, 0.25) is 5.95 Å². The van der Waals surface area contributed by atoms with Crippen molar-refractivity contribution in [2.45, 2.75) is 19.9 Å². The van der Waals surface area contributed by atoms with Crippen LogP contribution in [-0.2, 0) is 13.6 Å². The molecule has 0 atom stereocenters. The molecule has 26 heavy (non-hydrogen) atoms. The maximum absolute atomic E-state index is 13.1. The molecule has 1 saturated heterocycles. The van der Waals surface area contributed by atoms with Crippen LogP contribution in [0.3, 0.4) is 0 Å². The molecule has 1 aliphatic heterocycles. The monoisotopic (exact) mass is 356 g/mol. The first-order chi connectivity index (χ1) is 12.6. The summed E-state index contributed by atoms with van der Waals surface area (Å²) < 4.78 is 3.49. The van der Waals surface area contributed by atoms with E-state index in [0.717, 1.165) is 44.1 Å². The average Bonchev–Trinajstić information content (AvgIpc) is 3.24. The lowest BCUT2D eigenvalue weighted by Crippen LogP contribution is -2.46. The van der Waals surface area contributed by atoms with Gasteiger partial charge in [-0.05, 0) is 13.5 Å². The Kier molecular flexibility index (Phi) is 4.23. The highest BCUT2D eigenvalue weighted by atomic mass is 16.1. The molecule has 1 fully saturated rings. The zero-order valence-electron chi connectivity index (χ0n) is 15.4. The van der Waals surface area contributed by atoms with Crippen molar-refractivity contribution < 1.29 is 0 Å². The molecule has 0 saturated carbocycles. The SMILES string of the molecule is CCCn1c(N2CCN(C)CC2)nc2nc(-c3cnn(C)c3)[nH]c2c1=O. The smallest absolute Gasteiger partial charge is 0.280 e. The number of likely N-dealkylation sites (N-methyl/N-ethyl adjacent to an activating group) is 1. The van der Waals surface area contributed by atoms with E-state index in [9.17, 15) is 4.79 Å². The number of hydrogen-bond donors (Lipinski definition) is 1. The summed E-state index contributed by atoms with van der Waals surface area (Å²) in [7, 11) is 3.96. The van der Waals surface area contributed by atoms with E-state index in [0.29, 0.717) is 23.5 Å². The number of nitrogens with one attached hydrogen (secondary N) is 1. The lowest BCUT2D eigenvalue weighted by atomic mass is 10.3. The Morgan fingerprint density at radius 1 is 1.15 bits per heavy atom. The number of aromatic amines is 1. The number of nitrogens with zero attached hydrogens (tertiary/aromatic N) is 7. The van der Waals surface area contributed by atoms with Crippen molar-refractivity contribution in [3.8, 4) is 11.4 Å². The zero-order chi connectivity index (χ0) is 18.3. The number of anilines is 1. The van der Waals surface area contributed by atoms with Crippen molar-refractivity contribution in [1.29, 1.82) is 0 Å². The van der Waals surface area contributed by atoms with Gasteiger partial charge in [-0.25, -0.2) is 4.98 Å². The molecular formula is C17H24N8O. The van der Waals surface area contributed by atoms with Gasteiger partial charge in [0.05, 0.1) is 11.8 Å². The van der Waals surface area contributed by atoms with E-state index in [4.69, 9.17) is 4.98 Å². The predicted molar refractivity (Wildman–Crippen MR) is 100 cm³/mol. The minimum absolute atomic E-state index is 0.0616. The van der Waals surface area contributed by atoms with Crippen LogP contribution in [-0.4, -0.2) is 67.4 Å². The molecule has 0 amide bonds. The second-order valence-corrected chi connectivity index (χ2v) is 6.85. The lowest BCUT2D eigenvalue weighted by Gasteiger charge is -2.34. The first-order valence-corrected chi connectivity index (χ1v) is 9.00. The van der Waals surface area contributed by atoms with E-state index in [-0.39, 0.29) is 5.56 Å². The highest BCUT2D eigenvalue weighted by Crippen LogP contribution is 2.20. The van der Waals surface area contributed by atoms with Gasteiger partial charge in [-0.15, -0.1) is 0 Å². The van der Waals surface area contributed by atoms with Crippen LogP contribution in [0.2, 0.25) is 0 Å². The highest BCUT2D eigenvalue weighted by molar-refractivity contribution is 5.76. The third-order valence-corrected chi connectivity index (χ3v) is 4.80. The van der Waals surface area contributed by atoms with Gasteiger partial charge < -0.3 is 14.8 Å². The van der Waals surface area contributed by atoms with Gasteiger partial charge in [-0.1, -0.05) is 6.92 Å². The van der Waals surface area contributed by atoms with Crippen molar-refractivity contribution in [3.63, 3.8) is 0 Å². The highest BCUT2D eigenvalue weighted by Gasteiger charge is 2.22. The molecule has 4 rings (SSSR count). The topological polar surface area (TPSA) is 87.9 Å². The van der Waals surface area contributed by atoms with Crippen molar-refractivity contribution in [2.24, 2.45) is 7.05 Å². The van der Waals surface area contributed by atoms with Crippen LogP contribution in [0.1, 0.15) is 13.3 Å². The van der Waals surface area contributed by atoms with E-state index in [1.165, 1.54) is 0 Å². The number of H-pyrrole nitrogens is 1. The largest absolute Gasteiger partial charge is 0.340 e. The molecule has 0 bridgehead atoms. The lowest BCUT2D eigenvalue weighted by molar-refractivity contribution is 0.309. The fourth-order valence-corrected chi connectivity index (χ4v) is 3.33. The molecule has 0 spiro atoms. The molecule has 3 aromatic rings. The summed E-state index contributed by atoms with van der Waals surface area (Å²) in [4.78, 5) is 30.0.